The van der Waals surface area contributed by atoms with Gasteiger partial charge in [0.1, 0.15) is 0 Å². The van der Waals surface area contributed by atoms with E-state index in [4.69, 9.17) is 0 Å². The second-order valence-corrected chi connectivity index (χ2v) is 6.29. The number of amides is 2. The van der Waals surface area contributed by atoms with Gasteiger partial charge in [0.05, 0.1) is 0 Å². The predicted octanol–water partition coefficient (Wildman–Crippen LogP) is 1.21. The van der Waals surface area contributed by atoms with Crippen LogP contribution < -0.4 is 5.32 Å². The molecule has 0 aliphatic carbocycles. The monoisotopic (exact) mass is 282 g/mol. The normalized spacial score (nSPS) is 21.4. The SMILES string of the molecule is CN(C)C(=O)N1CCC(NCCCN2CCCC2)CC1. The van der Waals surface area contributed by atoms with Crippen LogP contribution in [0.15, 0.2) is 0 Å². The summed E-state index contributed by atoms with van der Waals surface area (Å²) in [6, 6.07) is 0.747. The zero-order valence-electron chi connectivity index (χ0n) is 13.1. The van der Waals surface area contributed by atoms with Gasteiger partial charge in [-0.2, -0.15) is 0 Å². The number of hydrogen-bond acceptors (Lipinski definition) is 3. The highest BCUT2D eigenvalue weighted by molar-refractivity contribution is 5.73. The van der Waals surface area contributed by atoms with Crippen LogP contribution in [0.4, 0.5) is 4.79 Å². The molecule has 2 fully saturated rings. The molecule has 0 aromatic heterocycles. The van der Waals surface area contributed by atoms with E-state index in [-0.39, 0.29) is 6.03 Å². The maximum atomic E-state index is 11.8. The molecular weight excluding hydrogens is 252 g/mol. The molecule has 0 unspecified atom stereocenters. The Hall–Kier alpha value is -0.810. The van der Waals surface area contributed by atoms with Crippen LogP contribution in [-0.4, -0.2) is 80.1 Å². The van der Waals surface area contributed by atoms with Crippen LogP contribution in [0.2, 0.25) is 0 Å². The van der Waals surface area contributed by atoms with E-state index in [2.05, 4.69) is 10.2 Å². The van der Waals surface area contributed by atoms with Crippen LogP contribution in [0.5, 0.6) is 0 Å². The third kappa shape index (κ3) is 4.63. The number of nitrogens with one attached hydrogen (secondary N) is 1. The van der Waals surface area contributed by atoms with Crippen LogP contribution in [0.3, 0.4) is 0 Å². The highest BCUT2D eigenvalue weighted by atomic mass is 16.2. The van der Waals surface area contributed by atoms with Gasteiger partial charge in [-0.25, -0.2) is 4.79 Å². The van der Waals surface area contributed by atoms with E-state index in [1.165, 1.54) is 38.9 Å². The smallest absolute Gasteiger partial charge is 0.319 e. The minimum Gasteiger partial charge on any atom is -0.331 e. The summed E-state index contributed by atoms with van der Waals surface area (Å²) in [5.74, 6) is 0. The highest BCUT2D eigenvalue weighted by Crippen LogP contribution is 2.12. The molecule has 0 atom stereocenters. The summed E-state index contributed by atoms with van der Waals surface area (Å²) in [5.41, 5.74) is 0. The van der Waals surface area contributed by atoms with E-state index in [0.717, 1.165) is 32.5 Å². The van der Waals surface area contributed by atoms with Crippen LogP contribution in [0.25, 0.3) is 0 Å². The number of nitrogens with zero attached hydrogens (tertiary/aromatic N) is 3. The van der Waals surface area contributed by atoms with Gasteiger partial charge < -0.3 is 20.0 Å². The third-order valence-electron chi connectivity index (χ3n) is 4.43. The molecule has 2 aliphatic rings. The second-order valence-electron chi connectivity index (χ2n) is 6.29. The van der Waals surface area contributed by atoms with Crippen molar-refractivity contribution in [2.45, 2.75) is 38.1 Å². The first kappa shape index (κ1) is 15.6. The molecular formula is C15H30N4O. The quantitative estimate of drug-likeness (QED) is 0.770. The second kappa shape index (κ2) is 7.84. The van der Waals surface area contributed by atoms with Gasteiger partial charge in [-0.3, -0.25) is 0 Å². The summed E-state index contributed by atoms with van der Waals surface area (Å²) in [6.07, 6.45) is 6.18. The fraction of sp³-hybridized carbons (Fsp3) is 0.933. The van der Waals surface area contributed by atoms with Crippen LogP contribution in [0.1, 0.15) is 32.1 Å². The Morgan fingerprint density at radius 2 is 1.80 bits per heavy atom. The van der Waals surface area contributed by atoms with Crippen LogP contribution in [-0.2, 0) is 0 Å². The number of urea groups is 1. The number of carbonyl (C=O) groups excluding carboxylic acids is 1. The van der Waals surface area contributed by atoms with Crippen LogP contribution >= 0.6 is 0 Å². The maximum Gasteiger partial charge on any atom is 0.319 e. The maximum absolute atomic E-state index is 11.8. The van der Waals surface area contributed by atoms with E-state index in [1.54, 1.807) is 4.90 Å². The van der Waals surface area contributed by atoms with Crippen molar-refractivity contribution in [3.63, 3.8) is 0 Å². The molecule has 5 heteroatoms. The molecule has 2 rings (SSSR count). The fourth-order valence-corrected chi connectivity index (χ4v) is 3.17. The van der Waals surface area contributed by atoms with Gasteiger partial charge >= 0.3 is 6.03 Å². The van der Waals surface area contributed by atoms with Crippen molar-refractivity contribution >= 4 is 6.03 Å². The largest absolute Gasteiger partial charge is 0.331 e. The Labute approximate surface area is 123 Å². The zero-order chi connectivity index (χ0) is 14.4. The highest BCUT2D eigenvalue weighted by Gasteiger charge is 2.23. The molecule has 2 amide bonds. The van der Waals surface area contributed by atoms with E-state index < -0.39 is 0 Å². The van der Waals surface area contributed by atoms with Crippen molar-refractivity contribution in [2.75, 3.05) is 53.4 Å². The number of rotatable bonds is 5. The fourth-order valence-electron chi connectivity index (χ4n) is 3.17. The van der Waals surface area contributed by atoms with Gasteiger partial charge in [0, 0.05) is 33.2 Å². The molecule has 1 N–H and O–H groups in total. The van der Waals surface area contributed by atoms with Gasteiger partial charge in [-0.1, -0.05) is 0 Å². The van der Waals surface area contributed by atoms with Crippen molar-refractivity contribution in [3.05, 3.63) is 0 Å². The van der Waals surface area contributed by atoms with Gasteiger partial charge in [0.2, 0.25) is 0 Å². The van der Waals surface area contributed by atoms with Gasteiger partial charge in [0.15, 0.2) is 0 Å². The number of hydrogen-bond donors (Lipinski definition) is 1. The lowest BCUT2D eigenvalue weighted by Crippen LogP contribution is -2.48. The Morgan fingerprint density at radius 3 is 2.40 bits per heavy atom. The van der Waals surface area contributed by atoms with Crippen molar-refractivity contribution in [3.8, 4) is 0 Å². The van der Waals surface area contributed by atoms with Gasteiger partial charge in [0.25, 0.3) is 0 Å². The molecule has 0 bridgehead atoms. The summed E-state index contributed by atoms with van der Waals surface area (Å²) in [6.45, 7) is 6.73. The van der Waals surface area contributed by atoms with Gasteiger partial charge in [-0.05, 0) is 58.3 Å². The Balaban J connectivity index is 1.54. The molecule has 0 spiro atoms. The summed E-state index contributed by atoms with van der Waals surface area (Å²) in [7, 11) is 3.65. The lowest BCUT2D eigenvalue weighted by Gasteiger charge is -2.34. The summed E-state index contributed by atoms with van der Waals surface area (Å²) in [5, 5.41) is 3.66. The van der Waals surface area contributed by atoms with Crippen molar-refractivity contribution in [2.24, 2.45) is 0 Å². The molecule has 2 saturated heterocycles. The van der Waals surface area contributed by atoms with Gasteiger partial charge in [-0.15, -0.1) is 0 Å². The first-order valence-corrected chi connectivity index (χ1v) is 8.09. The predicted molar refractivity (Wildman–Crippen MR) is 82.0 cm³/mol. The first-order chi connectivity index (χ1) is 9.66. The van der Waals surface area contributed by atoms with Crippen molar-refractivity contribution < 1.29 is 4.79 Å². The van der Waals surface area contributed by atoms with E-state index in [0.29, 0.717) is 6.04 Å². The minimum atomic E-state index is 0.150. The first-order valence-electron chi connectivity index (χ1n) is 8.09. The number of carbonyl (C=O) groups is 1. The number of piperidine rings is 1. The van der Waals surface area contributed by atoms with Crippen molar-refractivity contribution in [1.29, 1.82) is 0 Å². The Bertz CT molecular complexity index is 294. The van der Waals surface area contributed by atoms with Crippen molar-refractivity contribution in [1.82, 2.24) is 20.0 Å². The average Bonchev–Trinajstić information content (AvgIpc) is 2.96. The lowest BCUT2D eigenvalue weighted by atomic mass is 10.1. The third-order valence-corrected chi connectivity index (χ3v) is 4.43. The average molecular weight is 282 g/mol. The molecule has 0 aromatic rings. The molecule has 2 heterocycles. The molecule has 0 radical (unpaired) electrons. The molecule has 0 aromatic carbocycles. The van der Waals surface area contributed by atoms with E-state index >= 15 is 0 Å². The van der Waals surface area contributed by atoms with Crippen LogP contribution in [0, 0.1) is 0 Å². The summed E-state index contributed by atoms with van der Waals surface area (Å²) in [4.78, 5) is 18.0. The molecule has 5 nitrogen and oxygen atoms in total. The Morgan fingerprint density at radius 1 is 1.15 bits per heavy atom. The zero-order valence-corrected chi connectivity index (χ0v) is 13.1. The Kier molecular flexibility index (Phi) is 6.10. The standard InChI is InChI=1S/C15H30N4O/c1-17(2)15(20)19-12-6-14(7-13-19)16-8-5-11-18-9-3-4-10-18/h14,16H,3-13H2,1-2H3. The molecule has 2 aliphatic heterocycles. The topological polar surface area (TPSA) is 38.8 Å². The molecule has 0 saturated carbocycles. The number of likely N-dealkylation sites (tertiary alicyclic amines) is 2. The minimum absolute atomic E-state index is 0.150. The van der Waals surface area contributed by atoms with E-state index in [1.807, 2.05) is 19.0 Å². The summed E-state index contributed by atoms with van der Waals surface area (Å²) < 4.78 is 0. The molecule has 116 valence electrons. The summed E-state index contributed by atoms with van der Waals surface area (Å²) >= 11 is 0. The van der Waals surface area contributed by atoms with E-state index in [9.17, 15) is 4.79 Å². The molecule has 20 heavy (non-hydrogen) atoms. The lowest BCUT2D eigenvalue weighted by molar-refractivity contribution is 0.152.